The largest absolute Gasteiger partial charge is 0.480 e. The molecule has 0 radical (unpaired) electrons. The molecule has 0 unspecified atom stereocenters. The summed E-state index contributed by atoms with van der Waals surface area (Å²) in [6.07, 6.45) is 1.45. The minimum atomic E-state index is -1.03. The summed E-state index contributed by atoms with van der Waals surface area (Å²) in [6.45, 7) is 2.07. The second kappa shape index (κ2) is 7.21. The Morgan fingerprint density at radius 2 is 1.85 bits per heavy atom. The van der Waals surface area contributed by atoms with Crippen LogP contribution in [0.5, 0.6) is 0 Å². The first kappa shape index (κ1) is 17.4. The molecule has 136 valence electrons. The van der Waals surface area contributed by atoms with Crippen LogP contribution in [0, 0.1) is 0 Å². The maximum absolute atomic E-state index is 12.5. The summed E-state index contributed by atoms with van der Waals surface area (Å²) in [7, 11) is 0. The van der Waals surface area contributed by atoms with Crippen molar-refractivity contribution < 1.29 is 14.7 Å². The number of carbonyl (C=O) groups is 2. The predicted octanol–water partition coefficient (Wildman–Crippen LogP) is -0.185. The zero-order valence-electron chi connectivity index (χ0n) is 14.1. The van der Waals surface area contributed by atoms with Gasteiger partial charge < -0.3 is 10.4 Å². The number of aryl methyl sites for hydroxylation is 1. The van der Waals surface area contributed by atoms with Crippen molar-refractivity contribution in [1.82, 2.24) is 29.4 Å². The molecule has 10 nitrogen and oxygen atoms in total. The van der Waals surface area contributed by atoms with Crippen molar-refractivity contribution in [3.63, 3.8) is 0 Å². The van der Waals surface area contributed by atoms with E-state index in [1.165, 1.54) is 15.4 Å². The van der Waals surface area contributed by atoms with E-state index < -0.39 is 5.97 Å². The van der Waals surface area contributed by atoms with Crippen LogP contribution in [0.3, 0.4) is 0 Å². The van der Waals surface area contributed by atoms with E-state index in [4.69, 9.17) is 5.11 Å². The second-order valence-electron chi connectivity index (χ2n) is 5.68. The fraction of sp³-hybridized carbons (Fsp3) is 0.312. The number of nitrogens with zero attached hydrogens (tertiary/aromatic N) is 5. The van der Waals surface area contributed by atoms with Crippen LogP contribution in [0.2, 0.25) is 0 Å². The quantitative estimate of drug-likeness (QED) is 0.603. The molecule has 2 heterocycles. The minimum absolute atomic E-state index is 0.0968. The van der Waals surface area contributed by atoms with Crippen molar-refractivity contribution in [1.29, 1.82) is 0 Å². The number of rotatable bonds is 7. The van der Waals surface area contributed by atoms with Gasteiger partial charge in [0, 0.05) is 6.54 Å². The molecule has 1 aromatic carbocycles. The normalized spacial score (nSPS) is 11.0. The van der Waals surface area contributed by atoms with E-state index in [1.54, 1.807) is 10.6 Å². The summed E-state index contributed by atoms with van der Waals surface area (Å²) in [5.41, 5.74) is 1.67. The average Bonchev–Trinajstić information content (AvgIpc) is 3.15. The molecule has 1 amide bonds. The summed E-state index contributed by atoms with van der Waals surface area (Å²) in [6, 6.07) is 7.30. The smallest absolute Gasteiger partial charge is 0.329 e. The van der Waals surface area contributed by atoms with Crippen LogP contribution in [0.15, 0.2) is 35.3 Å². The Balaban J connectivity index is 1.70. The van der Waals surface area contributed by atoms with Gasteiger partial charge in [0.1, 0.15) is 18.8 Å². The molecule has 2 aromatic heterocycles. The number of fused-ring (bicyclic) bond motifs is 1. The third kappa shape index (κ3) is 3.48. The lowest BCUT2D eigenvalue weighted by atomic mass is 10.3. The maximum atomic E-state index is 12.5. The molecular weight excluding hydrogens is 340 g/mol. The van der Waals surface area contributed by atoms with Crippen LogP contribution in [0.4, 0.5) is 0 Å². The van der Waals surface area contributed by atoms with Crippen molar-refractivity contribution in [3.8, 4) is 0 Å². The third-order valence-corrected chi connectivity index (χ3v) is 3.89. The van der Waals surface area contributed by atoms with Crippen molar-refractivity contribution >= 4 is 22.9 Å². The van der Waals surface area contributed by atoms with Crippen LogP contribution in [-0.2, 0) is 35.8 Å². The highest BCUT2D eigenvalue weighted by Crippen LogP contribution is 2.12. The monoisotopic (exact) mass is 358 g/mol. The van der Waals surface area contributed by atoms with Gasteiger partial charge in [0.25, 0.3) is 0 Å². The molecule has 0 aliphatic rings. The van der Waals surface area contributed by atoms with Gasteiger partial charge in [-0.15, -0.1) is 5.10 Å². The van der Waals surface area contributed by atoms with Crippen LogP contribution < -0.4 is 11.0 Å². The second-order valence-corrected chi connectivity index (χ2v) is 5.68. The number of nitrogens with one attached hydrogen (secondary N) is 1. The molecule has 3 rings (SSSR count). The summed E-state index contributed by atoms with van der Waals surface area (Å²) in [5, 5.41) is 18.8. The first-order chi connectivity index (χ1) is 12.5. The fourth-order valence-electron chi connectivity index (χ4n) is 2.75. The maximum Gasteiger partial charge on any atom is 0.329 e. The first-order valence-electron chi connectivity index (χ1n) is 8.05. The van der Waals surface area contributed by atoms with Crippen LogP contribution >= 0.6 is 0 Å². The Kier molecular flexibility index (Phi) is 4.83. The van der Waals surface area contributed by atoms with E-state index in [0.717, 1.165) is 5.52 Å². The highest BCUT2D eigenvalue weighted by atomic mass is 16.4. The van der Waals surface area contributed by atoms with Gasteiger partial charge in [-0.05, 0) is 19.1 Å². The van der Waals surface area contributed by atoms with Gasteiger partial charge in [0.2, 0.25) is 5.91 Å². The van der Waals surface area contributed by atoms with Gasteiger partial charge in [-0.25, -0.2) is 9.48 Å². The van der Waals surface area contributed by atoms with Crippen LogP contribution in [0.1, 0.15) is 12.6 Å². The van der Waals surface area contributed by atoms with Gasteiger partial charge in [-0.3, -0.25) is 18.7 Å². The predicted molar refractivity (Wildman–Crippen MR) is 91.4 cm³/mol. The Hall–Kier alpha value is -3.43. The van der Waals surface area contributed by atoms with E-state index in [0.29, 0.717) is 17.8 Å². The zero-order valence-corrected chi connectivity index (χ0v) is 14.1. The lowest BCUT2D eigenvalue weighted by molar-refractivity contribution is -0.138. The highest BCUT2D eigenvalue weighted by molar-refractivity contribution is 5.80. The Morgan fingerprint density at radius 3 is 2.50 bits per heavy atom. The van der Waals surface area contributed by atoms with Crippen LogP contribution in [-0.4, -0.2) is 41.1 Å². The van der Waals surface area contributed by atoms with Gasteiger partial charge in [-0.2, -0.15) is 0 Å². The molecule has 0 spiro atoms. The molecule has 2 N–H and O–H groups in total. The molecular formula is C16H18N6O4. The Labute approximate surface area is 147 Å². The molecule has 0 aliphatic carbocycles. The van der Waals surface area contributed by atoms with Crippen molar-refractivity contribution in [2.75, 3.05) is 0 Å². The van der Waals surface area contributed by atoms with Crippen molar-refractivity contribution in [3.05, 3.63) is 46.6 Å². The molecule has 0 saturated carbocycles. The van der Waals surface area contributed by atoms with E-state index in [9.17, 15) is 14.4 Å². The number of aliphatic carboxylic acids is 1. The molecule has 0 saturated heterocycles. The summed E-state index contributed by atoms with van der Waals surface area (Å²) >= 11 is 0. The molecule has 0 bridgehead atoms. The van der Waals surface area contributed by atoms with E-state index in [2.05, 4.69) is 15.6 Å². The van der Waals surface area contributed by atoms with E-state index in [1.807, 2.05) is 25.1 Å². The molecule has 3 aromatic rings. The van der Waals surface area contributed by atoms with Gasteiger partial charge in [0.15, 0.2) is 0 Å². The molecule has 0 fully saturated rings. The number of aromatic nitrogens is 5. The number of amides is 1. The lowest BCUT2D eigenvalue weighted by Gasteiger charge is -2.04. The van der Waals surface area contributed by atoms with E-state index in [-0.39, 0.29) is 31.2 Å². The number of carboxylic acids is 1. The molecule has 26 heavy (non-hydrogen) atoms. The number of hydrogen-bond donors (Lipinski definition) is 2. The number of hydrogen-bond acceptors (Lipinski definition) is 5. The van der Waals surface area contributed by atoms with E-state index >= 15 is 0 Å². The number of carboxylic acid groups (broad SMARTS) is 1. The van der Waals surface area contributed by atoms with Crippen molar-refractivity contribution in [2.24, 2.45) is 0 Å². The Bertz CT molecular complexity index is 1020. The Morgan fingerprint density at radius 1 is 1.15 bits per heavy atom. The fourth-order valence-corrected chi connectivity index (χ4v) is 2.75. The SMILES string of the molecule is CCn1c(=O)n(CC(=O)NCc2cn(CC(=O)O)nn2)c2ccccc21. The summed E-state index contributed by atoms with van der Waals surface area (Å²) < 4.78 is 4.21. The summed E-state index contributed by atoms with van der Waals surface area (Å²) in [5.74, 6) is -1.38. The average molecular weight is 358 g/mol. The highest BCUT2D eigenvalue weighted by Gasteiger charge is 2.14. The number of para-hydroxylation sites is 2. The lowest BCUT2D eigenvalue weighted by Crippen LogP contribution is -2.32. The molecule has 0 aliphatic heterocycles. The first-order valence-corrected chi connectivity index (χ1v) is 8.05. The third-order valence-electron chi connectivity index (χ3n) is 3.89. The van der Waals surface area contributed by atoms with Gasteiger partial charge in [-0.1, -0.05) is 17.3 Å². The van der Waals surface area contributed by atoms with Gasteiger partial charge >= 0.3 is 11.7 Å². The number of imidazole rings is 1. The zero-order chi connectivity index (χ0) is 18.7. The minimum Gasteiger partial charge on any atom is -0.480 e. The molecule has 0 atom stereocenters. The standard InChI is InChI=1S/C16H18N6O4/c1-2-21-12-5-3-4-6-13(12)22(16(21)26)9-14(23)17-7-11-8-20(19-18-11)10-15(24)25/h3-6,8H,2,7,9-10H2,1H3,(H,17,23)(H,24,25). The topological polar surface area (TPSA) is 124 Å². The number of carbonyl (C=O) groups excluding carboxylic acids is 1. The van der Waals surface area contributed by atoms with Gasteiger partial charge in [0.05, 0.1) is 23.8 Å². The van der Waals surface area contributed by atoms with Crippen molar-refractivity contribution in [2.45, 2.75) is 33.1 Å². The van der Waals surface area contributed by atoms with Crippen LogP contribution in [0.25, 0.3) is 11.0 Å². The molecule has 10 heteroatoms. The number of benzene rings is 1. The summed E-state index contributed by atoms with van der Waals surface area (Å²) in [4.78, 5) is 35.4.